The predicted molar refractivity (Wildman–Crippen MR) is 69.7 cm³/mol. The SMILES string of the molecule is CCc1nc(CN2CCC[C@H](CS(N)(=O)=O)C2)no1. The molecule has 1 aromatic heterocycles. The molecule has 2 heterocycles. The van der Waals surface area contributed by atoms with E-state index in [2.05, 4.69) is 15.0 Å². The van der Waals surface area contributed by atoms with E-state index in [9.17, 15) is 8.42 Å². The molecule has 108 valence electrons. The van der Waals surface area contributed by atoms with Crippen LogP contribution in [-0.4, -0.2) is 42.3 Å². The molecule has 0 bridgehead atoms. The van der Waals surface area contributed by atoms with Crippen LogP contribution in [0, 0.1) is 5.92 Å². The van der Waals surface area contributed by atoms with Gasteiger partial charge in [0.25, 0.3) is 0 Å². The van der Waals surface area contributed by atoms with Crippen LogP contribution >= 0.6 is 0 Å². The van der Waals surface area contributed by atoms with Gasteiger partial charge in [-0.2, -0.15) is 4.98 Å². The average molecular weight is 288 g/mol. The first-order valence-corrected chi connectivity index (χ1v) is 8.22. The summed E-state index contributed by atoms with van der Waals surface area (Å²) >= 11 is 0. The number of hydrogen-bond donors (Lipinski definition) is 1. The molecule has 1 aliphatic rings. The van der Waals surface area contributed by atoms with Gasteiger partial charge in [-0.15, -0.1) is 0 Å². The number of hydrogen-bond acceptors (Lipinski definition) is 6. The van der Waals surface area contributed by atoms with Crippen LogP contribution < -0.4 is 5.14 Å². The summed E-state index contributed by atoms with van der Waals surface area (Å²) in [7, 11) is -3.40. The van der Waals surface area contributed by atoms with Gasteiger partial charge >= 0.3 is 0 Å². The van der Waals surface area contributed by atoms with E-state index in [1.807, 2.05) is 6.92 Å². The van der Waals surface area contributed by atoms with Crippen LogP contribution in [-0.2, 0) is 23.0 Å². The van der Waals surface area contributed by atoms with Crippen molar-refractivity contribution in [1.29, 1.82) is 0 Å². The third kappa shape index (κ3) is 4.55. The first kappa shape index (κ1) is 14.4. The molecule has 1 aromatic rings. The summed E-state index contributed by atoms with van der Waals surface area (Å²) < 4.78 is 27.3. The Balaban J connectivity index is 1.90. The van der Waals surface area contributed by atoms with Crippen molar-refractivity contribution in [3.63, 3.8) is 0 Å². The normalized spacial score (nSPS) is 21.7. The quantitative estimate of drug-likeness (QED) is 0.826. The first-order valence-electron chi connectivity index (χ1n) is 6.50. The Hall–Kier alpha value is -0.990. The number of likely N-dealkylation sites (tertiary alicyclic amines) is 1. The van der Waals surface area contributed by atoms with Crippen molar-refractivity contribution in [2.45, 2.75) is 32.7 Å². The van der Waals surface area contributed by atoms with Crippen LogP contribution in [0.5, 0.6) is 0 Å². The summed E-state index contributed by atoms with van der Waals surface area (Å²) in [5, 5.41) is 9.01. The molecule has 0 radical (unpaired) electrons. The van der Waals surface area contributed by atoms with Gasteiger partial charge in [0.2, 0.25) is 15.9 Å². The van der Waals surface area contributed by atoms with E-state index in [0.29, 0.717) is 24.8 Å². The number of primary sulfonamides is 1. The third-order valence-electron chi connectivity index (χ3n) is 3.25. The second-order valence-corrected chi connectivity index (χ2v) is 6.69. The maximum absolute atomic E-state index is 11.1. The van der Waals surface area contributed by atoms with Crippen molar-refractivity contribution in [2.24, 2.45) is 11.1 Å². The van der Waals surface area contributed by atoms with Crippen molar-refractivity contribution < 1.29 is 12.9 Å². The van der Waals surface area contributed by atoms with Crippen molar-refractivity contribution in [3.05, 3.63) is 11.7 Å². The molecule has 1 aliphatic heterocycles. The summed E-state index contributed by atoms with van der Waals surface area (Å²) in [6.45, 7) is 4.20. The molecule has 2 rings (SSSR count). The Bertz CT molecular complexity index is 514. The Kier molecular flexibility index (Phi) is 4.54. The lowest BCUT2D eigenvalue weighted by Gasteiger charge is -2.31. The summed E-state index contributed by atoms with van der Waals surface area (Å²) in [5.74, 6) is 1.44. The molecule has 0 amide bonds. The highest BCUT2D eigenvalue weighted by Crippen LogP contribution is 2.18. The Morgan fingerprint density at radius 1 is 1.53 bits per heavy atom. The molecule has 0 spiro atoms. The number of piperidine rings is 1. The third-order valence-corrected chi connectivity index (χ3v) is 4.18. The van der Waals surface area contributed by atoms with Gasteiger partial charge < -0.3 is 4.52 Å². The van der Waals surface area contributed by atoms with E-state index in [4.69, 9.17) is 9.66 Å². The van der Waals surface area contributed by atoms with Gasteiger partial charge in [0.1, 0.15) is 0 Å². The highest BCUT2D eigenvalue weighted by molar-refractivity contribution is 7.89. The summed E-state index contributed by atoms with van der Waals surface area (Å²) in [5.41, 5.74) is 0. The van der Waals surface area contributed by atoms with E-state index in [1.54, 1.807) is 0 Å². The second-order valence-electron chi connectivity index (χ2n) is 5.03. The minimum absolute atomic E-state index is 0.0515. The predicted octanol–water partition coefficient (Wildman–Crippen LogP) is 0.133. The van der Waals surface area contributed by atoms with Crippen molar-refractivity contribution in [2.75, 3.05) is 18.8 Å². The van der Waals surface area contributed by atoms with Gasteiger partial charge in [-0.1, -0.05) is 12.1 Å². The summed E-state index contributed by atoms with van der Waals surface area (Å²) in [6, 6.07) is 0. The molecule has 1 fully saturated rings. The van der Waals surface area contributed by atoms with Crippen LogP contribution in [0.1, 0.15) is 31.5 Å². The van der Waals surface area contributed by atoms with Crippen LogP contribution in [0.3, 0.4) is 0 Å². The zero-order chi connectivity index (χ0) is 13.9. The zero-order valence-electron chi connectivity index (χ0n) is 11.1. The number of rotatable bonds is 5. The molecular weight excluding hydrogens is 268 g/mol. The Morgan fingerprint density at radius 2 is 2.32 bits per heavy atom. The Morgan fingerprint density at radius 3 is 2.95 bits per heavy atom. The minimum atomic E-state index is -3.40. The molecule has 2 N–H and O–H groups in total. The lowest BCUT2D eigenvalue weighted by molar-refractivity contribution is 0.172. The van der Waals surface area contributed by atoms with Crippen LogP contribution in [0.15, 0.2) is 4.52 Å². The molecule has 0 aliphatic carbocycles. The molecule has 0 unspecified atom stereocenters. The molecule has 0 saturated carbocycles. The van der Waals surface area contributed by atoms with Crippen molar-refractivity contribution >= 4 is 10.0 Å². The van der Waals surface area contributed by atoms with Crippen molar-refractivity contribution in [1.82, 2.24) is 15.0 Å². The monoisotopic (exact) mass is 288 g/mol. The molecular formula is C11H20N4O3S. The van der Waals surface area contributed by atoms with Crippen LogP contribution in [0.4, 0.5) is 0 Å². The maximum atomic E-state index is 11.1. The molecule has 0 aromatic carbocycles. The number of nitrogens with zero attached hydrogens (tertiary/aromatic N) is 3. The standard InChI is InChI=1S/C11H20N4O3S/c1-2-11-13-10(14-18-11)7-15-5-3-4-9(6-15)8-19(12,16)17/h9H,2-8H2,1H3,(H2,12,16,17)/t9-/m0/s1. The average Bonchev–Trinajstić information content (AvgIpc) is 2.75. The largest absolute Gasteiger partial charge is 0.339 e. The molecule has 1 atom stereocenters. The number of aryl methyl sites for hydroxylation is 1. The van der Waals surface area contributed by atoms with Crippen molar-refractivity contribution in [3.8, 4) is 0 Å². The van der Waals surface area contributed by atoms with E-state index >= 15 is 0 Å². The number of nitrogens with two attached hydrogens (primary N) is 1. The topological polar surface area (TPSA) is 102 Å². The van der Waals surface area contributed by atoms with Gasteiger partial charge in [-0.05, 0) is 25.3 Å². The smallest absolute Gasteiger partial charge is 0.226 e. The van der Waals surface area contributed by atoms with E-state index in [0.717, 1.165) is 25.8 Å². The first-order chi connectivity index (χ1) is 8.96. The number of aromatic nitrogens is 2. The van der Waals surface area contributed by atoms with E-state index in [1.165, 1.54) is 0 Å². The van der Waals surface area contributed by atoms with Gasteiger partial charge in [0.15, 0.2) is 5.82 Å². The van der Waals surface area contributed by atoms with Gasteiger partial charge in [0.05, 0.1) is 12.3 Å². The van der Waals surface area contributed by atoms with Gasteiger partial charge in [-0.3, -0.25) is 4.90 Å². The van der Waals surface area contributed by atoms with E-state index < -0.39 is 10.0 Å². The molecule has 19 heavy (non-hydrogen) atoms. The molecule has 7 nitrogen and oxygen atoms in total. The highest BCUT2D eigenvalue weighted by atomic mass is 32.2. The van der Waals surface area contributed by atoms with Crippen LogP contribution in [0.25, 0.3) is 0 Å². The number of sulfonamides is 1. The minimum Gasteiger partial charge on any atom is -0.339 e. The van der Waals surface area contributed by atoms with Gasteiger partial charge in [-0.25, -0.2) is 13.6 Å². The summed E-state index contributed by atoms with van der Waals surface area (Å²) in [4.78, 5) is 6.42. The highest BCUT2D eigenvalue weighted by Gasteiger charge is 2.24. The molecule has 8 heteroatoms. The zero-order valence-corrected chi connectivity index (χ0v) is 11.9. The fraction of sp³-hybridized carbons (Fsp3) is 0.818. The maximum Gasteiger partial charge on any atom is 0.226 e. The van der Waals surface area contributed by atoms with E-state index in [-0.39, 0.29) is 11.7 Å². The fourth-order valence-corrected chi connectivity index (χ4v) is 3.39. The Labute approximate surface area is 113 Å². The second kappa shape index (κ2) is 5.98. The lowest BCUT2D eigenvalue weighted by atomic mass is 10.0. The fourth-order valence-electron chi connectivity index (χ4n) is 2.46. The lowest BCUT2D eigenvalue weighted by Crippen LogP contribution is -2.39. The molecule has 1 saturated heterocycles. The van der Waals surface area contributed by atoms with Gasteiger partial charge in [0, 0.05) is 13.0 Å². The summed E-state index contributed by atoms with van der Waals surface area (Å²) in [6.07, 6.45) is 2.60. The van der Waals surface area contributed by atoms with Crippen LogP contribution in [0.2, 0.25) is 0 Å².